The predicted octanol–water partition coefficient (Wildman–Crippen LogP) is 1.96. The van der Waals surface area contributed by atoms with Crippen LogP contribution in [-0.2, 0) is 9.53 Å². The molecule has 1 heterocycles. The van der Waals surface area contributed by atoms with Crippen molar-refractivity contribution in [1.29, 1.82) is 0 Å². The molecule has 0 aliphatic carbocycles. The van der Waals surface area contributed by atoms with Crippen molar-refractivity contribution in [3.8, 4) is 0 Å². The first kappa shape index (κ1) is 15.7. The van der Waals surface area contributed by atoms with E-state index < -0.39 is 29.9 Å². The monoisotopic (exact) mass is 324 g/mol. The normalized spacial score (nSPS) is 10.1. The van der Waals surface area contributed by atoms with E-state index in [1.807, 2.05) is 0 Å². The second-order valence-electron chi connectivity index (χ2n) is 4.16. The highest BCUT2D eigenvalue weighted by molar-refractivity contribution is 6.30. The van der Waals surface area contributed by atoms with Gasteiger partial charge in [0, 0.05) is 11.2 Å². The number of esters is 1. The molecule has 0 fully saturated rings. The average Bonchev–Trinajstić information content (AvgIpc) is 2.49. The first-order chi connectivity index (χ1) is 10.5. The second kappa shape index (κ2) is 6.86. The lowest BCUT2D eigenvalue weighted by molar-refractivity contribution is -0.119. The van der Waals surface area contributed by atoms with Gasteiger partial charge in [-0.3, -0.25) is 9.59 Å². The third-order valence-corrected chi connectivity index (χ3v) is 2.81. The summed E-state index contributed by atoms with van der Waals surface area (Å²) in [4.78, 5) is 36.9. The second-order valence-corrected chi connectivity index (χ2v) is 4.60. The number of amides is 1. The number of hydrogen-bond donors (Lipinski definition) is 2. The van der Waals surface area contributed by atoms with Gasteiger partial charge >= 0.3 is 5.97 Å². The Hall–Kier alpha value is -2.67. The number of ether oxygens (including phenoxy) is 1. The van der Waals surface area contributed by atoms with Crippen LogP contribution in [0.15, 0.2) is 41.3 Å². The number of rotatable bonds is 4. The number of H-pyrrole nitrogens is 1. The van der Waals surface area contributed by atoms with Gasteiger partial charge in [-0.05, 0) is 30.3 Å². The minimum Gasteiger partial charge on any atom is -0.452 e. The van der Waals surface area contributed by atoms with Gasteiger partial charge in [0.05, 0.1) is 5.69 Å². The zero-order chi connectivity index (χ0) is 16.1. The number of halogens is 2. The number of aromatic amines is 1. The summed E-state index contributed by atoms with van der Waals surface area (Å²) in [5, 5.41) is 2.45. The van der Waals surface area contributed by atoms with Crippen molar-refractivity contribution in [3.05, 3.63) is 63.3 Å². The summed E-state index contributed by atoms with van der Waals surface area (Å²) in [6, 6.07) is 6.34. The van der Waals surface area contributed by atoms with Crippen molar-refractivity contribution in [2.75, 3.05) is 11.9 Å². The summed E-state index contributed by atoms with van der Waals surface area (Å²) in [5.41, 5.74) is -0.996. The third-order valence-electron chi connectivity index (χ3n) is 2.57. The molecule has 0 saturated carbocycles. The van der Waals surface area contributed by atoms with E-state index in [1.54, 1.807) is 0 Å². The van der Waals surface area contributed by atoms with Crippen LogP contribution < -0.4 is 10.9 Å². The summed E-state index contributed by atoms with van der Waals surface area (Å²) in [7, 11) is 0. The first-order valence-corrected chi connectivity index (χ1v) is 6.45. The Morgan fingerprint density at radius 3 is 2.82 bits per heavy atom. The fraction of sp³-hybridized carbons (Fsp3) is 0.0714. The first-order valence-electron chi connectivity index (χ1n) is 6.07. The van der Waals surface area contributed by atoms with Crippen LogP contribution in [0.5, 0.6) is 0 Å². The number of hydrogen-bond acceptors (Lipinski definition) is 4. The van der Waals surface area contributed by atoms with Crippen LogP contribution >= 0.6 is 11.6 Å². The molecule has 22 heavy (non-hydrogen) atoms. The van der Waals surface area contributed by atoms with Crippen molar-refractivity contribution in [2.24, 2.45) is 0 Å². The van der Waals surface area contributed by atoms with Gasteiger partial charge in [0.15, 0.2) is 6.61 Å². The predicted molar refractivity (Wildman–Crippen MR) is 77.4 cm³/mol. The van der Waals surface area contributed by atoms with Crippen LogP contribution in [0.3, 0.4) is 0 Å². The lowest BCUT2D eigenvalue weighted by Gasteiger charge is -2.07. The van der Waals surface area contributed by atoms with E-state index in [2.05, 4.69) is 15.0 Å². The summed E-state index contributed by atoms with van der Waals surface area (Å²) >= 11 is 5.68. The summed E-state index contributed by atoms with van der Waals surface area (Å²) in [5.74, 6) is -2.39. The molecule has 0 radical (unpaired) electrons. The standard InChI is InChI=1S/C14H10ClFN2O4/c15-8-3-4-10(16)11(6-8)18-12(19)7-22-14(21)9-2-1-5-17-13(9)20/h1-6H,7H2,(H,17,20)(H,18,19). The molecule has 0 bridgehead atoms. The maximum absolute atomic E-state index is 13.4. The molecule has 2 N–H and O–H groups in total. The summed E-state index contributed by atoms with van der Waals surface area (Å²) < 4.78 is 18.1. The van der Waals surface area contributed by atoms with Crippen molar-refractivity contribution < 1.29 is 18.7 Å². The fourth-order valence-electron chi connectivity index (χ4n) is 1.57. The summed E-state index contributed by atoms with van der Waals surface area (Å²) in [6.45, 7) is -0.668. The van der Waals surface area contributed by atoms with Crippen LogP contribution in [0.2, 0.25) is 5.02 Å². The van der Waals surface area contributed by atoms with Gasteiger partial charge in [0.2, 0.25) is 0 Å². The van der Waals surface area contributed by atoms with Crippen molar-refractivity contribution in [2.45, 2.75) is 0 Å². The molecule has 0 unspecified atom stereocenters. The number of carbonyl (C=O) groups is 2. The van der Waals surface area contributed by atoms with Gasteiger partial charge < -0.3 is 15.0 Å². The van der Waals surface area contributed by atoms with Gasteiger partial charge in [-0.2, -0.15) is 0 Å². The van der Waals surface area contributed by atoms with E-state index >= 15 is 0 Å². The average molecular weight is 325 g/mol. The molecule has 2 aromatic rings. The van der Waals surface area contributed by atoms with Crippen molar-refractivity contribution in [1.82, 2.24) is 4.98 Å². The van der Waals surface area contributed by atoms with Crippen LogP contribution in [-0.4, -0.2) is 23.5 Å². The Morgan fingerprint density at radius 1 is 1.32 bits per heavy atom. The molecule has 6 nitrogen and oxygen atoms in total. The molecule has 114 valence electrons. The molecule has 1 aromatic heterocycles. The number of benzene rings is 1. The number of aromatic nitrogens is 1. The fourth-order valence-corrected chi connectivity index (χ4v) is 1.74. The largest absolute Gasteiger partial charge is 0.452 e. The lowest BCUT2D eigenvalue weighted by Crippen LogP contribution is -2.24. The minimum atomic E-state index is -0.955. The Kier molecular flexibility index (Phi) is 4.90. The topological polar surface area (TPSA) is 88.3 Å². The molecule has 0 spiro atoms. The Balaban J connectivity index is 1.96. The lowest BCUT2D eigenvalue weighted by atomic mass is 10.3. The Bertz CT molecular complexity index is 775. The third kappa shape index (κ3) is 3.92. The molecule has 0 saturated heterocycles. The van der Waals surface area contributed by atoms with Gasteiger partial charge in [0.1, 0.15) is 11.4 Å². The van der Waals surface area contributed by atoms with Gasteiger partial charge in [-0.15, -0.1) is 0 Å². The van der Waals surface area contributed by atoms with Gasteiger partial charge in [-0.1, -0.05) is 11.6 Å². The molecule has 1 aromatic carbocycles. The number of nitrogens with one attached hydrogen (secondary N) is 2. The number of carbonyl (C=O) groups excluding carboxylic acids is 2. The zero-order valence-corrected chi connectivity index (χ0v) is 11.8. The minimum absolute atomic E-state index is 0.133. The number of anilines is 1. The van der Waals surface area contributed by atoms with Gasteiger partial charge in [0.25, 0.3) is 11.5 Å². The van der Waals surface area contributed by atoms with E-state index in [1.165, 1.54) is 30.5 Å². The maximum Gasteiger partial charge on any atom is 0.344 e. The van der Waals surface area contributed by atoms with E-state index in [9.17, 15) is 18.8 Å². The molecule has 8 heteroatoms. The van der Waals surface area contributed by atoms with Crippen molar-refractivity contribution in [3.63, 3.8) is 0 Å². The van der Waals surface area contributed by atoms with Crippen molar-refractivity contribution >= 4 is 29.2 Å². The molecule has 0 aliphatic rings. The quantitative estimate of drug-likeness (QED) is 0.841. The van der Waals surface area contributed by atoms with E-state index in [0.29, 0.717) is 0 Å². The summed E-state index contributed by atoms with van der Waals surface area (Å²) in [6.07, 6.45) is 1.35. The Morgan fingerprint density at radius 2 is 2.09 bits per heavy atom. The molecule has 0 atom stereocenters. The molecule has 1 amide bonds. The van der Waals surface area contributed by atoms with Crippen LogP contribution in [0.1, 0.15) is 10.4 Å². The van der Waals surface area contributed by atoms with E-state index in [-0.39, 0.29) is 16.3 Å². The molecule has 0 aliphatic heterocycles. The number of pyridine rings is 1. The van der Waals surface area contributed by atoms with E-state index in [0.717, 1.165) is 6.07 Å². The molecular formula is C14H10ClFN2O4. The smallest absolute Gasteiger partial charge is 0.344 e. The molecular weight excluding hydrogens is 315 g/mol. The van der Waals surface area contributed by atoms with Gasteiger partial charge in [-0.25, -0.2) is 9.18 Å². The zero-order valence-electron chi connectivity index (χ0n) is 11.1. The highest BCUT2D eigenvalue weighted by Crippen LogP contribution is 2.19. The SMILES string of the molecule is O=C(COC(=O)c1ccc[nH]c1=O)Nc1cc(Cl)ccc1F. The van der Waals surface area contributed by atoms with Crippen LogP contribution in [0.25, 0.3) is 0 Å². The van der Waals surface area contributed by atoms with Crippen LogP contribution in [0.4, 0.5) is 10.1 Å². The van der Waals surface area contributed by atoms with Crippen LogP contribution in [0, 0.1) is 5.82 Å². The highest BCUT2D eigenvalue weighted by atomic mass is 35.5. The van der Waals surface area contributed by atoms with E-state index in [4.69, 9.17) is 11.6 Å². The Labute approximate surface area is 128 Å². The molecule has 2 rings (SSSR count). The maximum atomic E-state index is 13.4. The highest BCUT2D eigenvalue weighted by Gasteiger charge is 2.14.